The number of ether oxygens (including phenoxy) is 2. The van der Waals surface area contributed by atoms with Gasteiger partial charge in [0.25, 0.3) is 11.2 Å². The lowest BCUT2D eigenvalue weighted by Crippen LogP contribution is -2.36. The lowest BCUT2D eigenvalue weighted by atomic mass is 10.0. The smallest absolute Gasteiger partial charge is 0.295 e. The van der Waals surface area contributed by atoms with Crippen LogP contribution >= 0.6 is 0 Å². The molecule has 1 fully saturated rings. The molecule has 0 amide bonds. The van der Waals surface area contributed by atoms with Crippen molar-refractivity contribution in [3.05, 3.63) is 74.6 Å². The monoisotopic (exact) mass is 450 g/mol. The van der Waals surface area contributed by atoms with Gasteiger partial charge in [0.2, 0.25) is 0 Å². The third kappa shape index (κ3) is 4.58. The highest BCUT2D eigenvalue weighted by molar-refractivity contribution is 5.65. The minimum absolute atomic E-state index is 0.0995. The summed E-state index contributed by atoms with van der Waals surface area (Å²) in [6.45, 7) is 6.31. The molecule has 0 aliphatic carbocycles. The fourth-order valence-corrected chi connectivity index (χ4v) is 3.87. The van der Waals surface area contributed by atoms with Crippen LogP contribution in [0.3, 0.4) is 0 Å². The van der Waals surface area contributed by atoms with Gasteiger partial charge in [-0.2, -0.15) is 9.78 Å². The number of hydrogen-bond acceptors (Lipinski definition) is 7. The van der Waals surface area contributed by atoms with Gasteiger partial charge >= 0.3 is 0 Å². The lowest BCUT2D eigenvalue weighted by molar-refractivity contribution is -0.384. The zero-order chi connectivity index (χ0) is 23.5. The van der Waals surface area contributed by atoms with Crippen LogP contribution in [0, 0.1) is 10.1 Å². The number of hydrogen-bond donors (Lipinski definition) is 0. The van der Waals surface area contributed by atoms with Crippen molar-refractivity contribution in [2.45, 2.75) is 19.8 Å². The normalized spacial score (nSPS) is 13.9. The van der Waals surface area contributed by atoms with Crippen LogP contribution in [0.5, 0.6) is 5.75 Å². The second kappa shape index (κ2) is 9.41. The molecule has 9 nitrogen and oxygen atoms in total. The molecule has 0 N–H and O–H groups in total. The van der Waals surface area contributed by atoms with Gasteiger partial charge in [-0.05, 0) is 36.2 Å². The molecule has 2 heterocycles. The van der Waals surface area contributed by atoms with Crippen molar-refractivity contribution >= 4 is 11.4 Å². The maximum absolute atomic E-state index is 13.4. The fraction of sp³-hybridized carbons (Fsp3) is 0.333. The maximum Gasteiger partial charge on any atom is 0.295 e. The Labute approximate surface area is 191 Å². The van der Waals surface area contributed by atoms with Crippen LogP contribution in [0.15, 0.2) is 53.3 Å². The van der Waals surface area contributed by atoms with Gasteiger partial charge in [0.1, 0.15) is 11.4 Å². The summed E-state index contributed by atoms with van der Waals surface area (Å²) < 4.78 is 11.9. The van der Waals surface area contributed by atoms with Crippen molar-refractivity contribution in [2.24, 2.45) is 0 Å². The molecule has 4 rings (SSSR count). The molecule has 0 spiro atoms. The van der Waals surface area contributed by atoms with Gasteiger partial charge in [-0.1, -0.05) is 26.0 Å². The second-order valence-electron chi connectivity index (χ2n) is 8.12. The van der Waals surface area contributed by atoms with Crippen LogP contribution in [-0.2, 0) is 4.74 Å². The minimum Gasteiger partial charge on any atom is -0.497 e. The molecule has 0 unspecified atom stereocenters. The zero-order valence-electron chi connectivity index (χ0n) is 18.9. The summed E-state index contributed by atoms with van der Waals surface area (Å²) in [6, 6.07) is 13.9. The van der Waals surface area contributed by atoms with Gasteiger partial charge in [0, 0.05) is 36.0 Å². The first-order chi connectivity index (χ1) is 15.9. The molecule has 172 valence electrons. The largest absolute Gasteiger partial charge is 0.497 e. The molecule has 3 aromatic rings. The van der Waals surface area contributed by atoms with Crippen molar-refractivity contribution in [1.82, 2.24) is 9.78 Å². The lowest BCUT2D eigenvalue weighted by Gasteiger charge is -2.29. The van der Waals surface area contributed by atoms with E-state index in [1.807, 2.05) is 38.1 Å². The number of rotatable bonds is 6. The molecule has 1 aliphatic heterocycles. The second-order valence-corrected chi connectivity index (χ2v) is 8.12. The summed E-state index contributed by atoms with van der Waals surface area (Å²) in [5.74, 6) is 0.552. The van der Waals surface area contributed by atoms with Gasteiger partial charge in [-0.15, -0.1) is 0 Å². The fourth-order valence-electron chi connectivity index (χ4n) is 3.87. The Morgan fingerprint density at radius 2 is 1.88 bits per heavy atom. The van der Waals surface area contributed by atoms with E-state index < -0.39 is 4.92 Å². The Bertz CT molecular complexity index is 1230. The van der Waals surface area contributed by atoms with E-state index in [0.29, 0.717) is 43.3 Å². The zero-order valence-corrected chi connectivity index (χ0v) is 18.9. The van der Waals surface area contributed by atoms with E-state index in [2.05, 4.69) is 10.00 Å². The summed E-state index contributed by atoms with van der Waals surface area (Å²) in [5.41, 5.74) is 2.17. The number of nitro benzene ring substituents is 1. The van der Waals surface area contributed by atoms with Crippen LogP contribution in [0.1, 0.15) is 25.3 Å². The number of aromatic nitrogens is 2. The number of nitrogens with zero attached hydrogens (tertiary/aromatic N) is 4. The van der Waals surface area contributed by atoms with Crippen LogP contribution in [0.4, 0.5) is 11.4 Å². The Balaban J connectivity index is 1.94. The molecular weight excluding hydrogens is 424 g/mol. The third-order valence-electron chi connectivity index (χ3n) is 5.69. The van der Waals surface area contributed by atoms with Gasteiger partial charge < -0.3 is 14.4 Å². The predicted molar refractivity (Wildman–Crippen MR) is 126 cm³/mol. The van der Waals surface area contributed by atoms with Crippen LogP contribution in [0.2, 0.25) is 0 Å². The first-order valence-corrected chi connectivity index (χ1v) is 10.8. The molecule has 2 aromatic carbocycles. The molecule has 0 saturated carbocycles. The number of anilines is 1. The number of methoxy groups -OCH3 is 1. The average molecular weight is 450 g/mol. The standard InChI is InChI=1S/C24H26N4O5/c1-16(2)20-15-21(17-5-4-6-19(13-17)32-3)25-27(24(20)29)23-14-18(7-8-22(23)28(30)31)26-9-11-33-12-10-26/h4-8,13-16H,9-12H2,1-3H3. The van der Waals surface area contributed by atoms with E-state index in [0.717, 1.165) is 15.9 Å². The van der Waals surface area contributed by atoms with E-state index in [9.17, 15) is 14.9 Å². The first kappa shape index (κ1) is 22.5. The SMILES string of the molecule is COc1cccc(-c2cc(C(C)C)c(=O)n(-c3cc(N4CCOCC4)ccc3[N+](=O)[O-])n2)c1. The maximum atomic E-state index is 13.4. The Kier molecular flexibility index (Phi) is 6.41. The first-order valence-electron chi connectivity index (χ1n) is 10.8. The summed E-state index contributed by atoms with van der Waals surface area (Å²) >= 11 is 0. The highest BCUT2D eigenvalue weighted by atomic mass is 16.6. The third-order valence-corrected chi connectivity index (χ3v) is 5.69. The van der Waals surface area contributed by atoms with Crippen molar-refractivity contribution in [2.75, 3.05) is 38.3 Å². The number of morpholine rings is 1. The Hall–Kier alpha value is -3.72. The van der Waals surface area contributed by atoms with Crippen molar-refractivity contribution in [3.8, 4) is 22.7 Å². The van der Waals surface area contributed by atoms with Crippen LogP contribution in [0.25, 0.3) is 16.9 Å². The van der Waals surface area contributed by atoms with Gasteiger partial charge in [0.05, 0.1) is 30.9 Å². The van der Waals surface area contributed by atoms with E-state index in [1.54, 1.807) is 25.3 Å². The van der Waals surface area contributed by atoms with E-state index in [4.69, 9.17) is 9.47 Å². The molecular formula is C24H26N4O5. The van der Waals surface area contributed by atoms with E-state index >= 15 is 0 Å². The molecule has 1 saturated heterocycles. The number of nitro groups is 1. The van der Waals surface area contributed by atoms with Gasteiger partial charge in [0.15, 0.2) is 0 Å². The van der Waals surface area contributed by atoms with Gasteiger partial charge in [-0.25, -0.2) is 0 Å². The molecule has 33 heavy (non-hydrogen) atoms. The van der Waals surface area contributed by atoms with Gasteiger partial charge in [-0.3, -0.25) is 14.9 Å². The molecule has 0 bridgehead atoms. The Morgan fingerprint density at radius 1 is 1.12 bits per heavy atom. The quantitative estimate of drug-likeness (QED) is 0.416. The minimum atomic E-state index is -0.486. The summed E-state index contributed by atoms with van der Waals surface area (Å²) in [5, 5.41) is 16.4. The van der Waals surface area contributed by atoms with E-state index in [-0.39, 0.29) is 22.9 Å². The summed E-state index contributed by atoms with van der Waals surface area (Å²) in [4.78, 5) is 26.9. The van der Waals surface area contributed by atoms with Crippen molar-refractivity contribution in [3.63, 3.8) is 0 Å². The average Bonchev–Trinajstić information content (AvgIpc) is 2.84. The highest BCUT2D eigenvalue weighted by Crippen LogP contribution is 2.30. The summed E-state index contributed by atoms with van der Waals surface area (Å²) in [7, 11) is 1.58. The molecule has 0 radical (unpaired) electrons. The predicted octanol–water partition coefficient (Wildman–Crippen LogP) is 3.78. The topological polar surface area (TPSA) is 99.7 Å². The van der Waals surface area contributed by atoms with Crippen LogP contribution < -0.4 is 15.2 Å². The van der Waals surface area contributed by atoms with Crippen LogP contribution in [-0.4, -0.2) is 48.1 Å². The highest BCUT2D eigenvalue weighted by Gasteiger charge is 2.23. The molecule has 1 aliphatic rings. The van der Waals surface area contributed by atoms with Crippen molar-refractivity contribution < 1.29 is 14.4 Å². The molecule has 1 aromatic heterocycles. The summed E-state index contributed by atoms with van der Waals surface area (Å²) in [6.07, 6.45) is 0. The number of benzene rings is 2. The van der Waals surface area contributed by atoms with Crippen molar-refractivity contribution in [1.29, 1.82) is 0 Å². The molecule has 0 atom stereocenters. The molecule has 9 heteroatoms. The van der Waals surface area contributed by atoms with E-state index in [1.165, 1.54) is 6.07 Å². The Morgan fingerprint density at radius 3 is 2.55 bits per heavy atom.